The first-order chi connectivity index (χ1) is 9.60. The highest BCUT2D eigenvalue weighted by Crippen LogP contribution is 2.36. The average Bonchev–Trinajstić information content (AvgIpc) is 2.84. The van der Waals surface area contributed by atoms with Gasteiger partial charge < -0.3 is 5.32 Å². The number of rotatable bonds is 2. The van der Waals surface area contributed by atoms with Crippen LogP contribution in [0.2, 0.25) is 15.1 Å². The standard InChI is InChI=1S/C13H8Cl3N3S/c1-17-12-7-4-6(14)5-9(16)10(7)18-13(19-12)11-8(15)2-3-20-11/h2-5H,1H3,(H,17,18,19). The van der Waals surface area contributed by atoms with E-state index in [-0.39, 0.29) is 0 Å². The lowest BCUT2D eigenvalue weighted by molar-refractivity contribution is 1.22. The van der Waals surface area contributed by atoms with E-state index < -0.39 is 0 Å². The van der Waals surface area contributed by atoms with Crippen LogP contribution in [0, 0.1) is 0 Å². The molecule has 0 aliphatic heterocycles. The van der Waals surface area contributed by atoms with E-state index >= 15 is 0 Å². The van der Waals surface area contributed by atoms with Crippen molar-refractivity contribution < 1.29 is 0 Å². The van der Waals surface area contributed by atoms with E-state index in [9.17, 15) is 0 Å². The summed E-state index contributed by atoms with van der Waals surface area (Å²) in [5.41, 5.74) is 0.648. The van der Waals surface area contributed by atoms with E-state index in [4.69, 9.17) is 34.8 Å². The number of hydrogen-bond donors (Lipinski definition) is 1. The maximum Gasteiger partial charge on any atom is 0.173 e. The fraction of sp³-hybridized carbons (Fsp3) is 0.0769. The van der Waals surface area contributed by atoms with E-state index in [2.05, 4.69) is 15.3 Å². The molecule has 0 aliphatic carbocycles. The lowest BCUT2D eigenvalue weighted by Gasteiger charge is -2.09. The molecule has 3 nitrogen and oxygen atoms in total. The zero-order valence-corrected chi connectivity index (χ0v) is 13.3. The summed E-state index contributed by atoms with van der Waals surface area (Å²) in [6.45, 7) is 0. The van der Waals surface area contributed by atoms with E-state index in [0.717, 1.165) is 10.3 Å². The Kier molecular flexibility index (Phi) is 3.73. The molecule has 0 aliphatic rings. The summed E-state index contributed by atoms with van der Waals surface area (Å²) in [5.74, 6) is 1.21. The summed E-state index contributed by atoms with van der Waals surface area (Å²) < 4.78 is 0. The fourth-order valence-electron chi connectivity index (χ4n) is 1.90. The van der Waals surface area contributed by atoms with Crippen LogP contribution in [-0.4, -0.2) is 17.0 Å². The molecule has 2 heterocycles. The molecular weight excluding hydrogens is 337 g/mol. The van der Waals surface area contributed by atoms with Crippen LogP contribution >= 0.6 is 46.1 Å². The first-order valence-electron chi connectivity index (χ1n) is 5.68. The van der Waals surface area contributed by atoms with Crippen LogP contribution < -0.4 is 5.32 Å². The summed E-state index contributed by atoms with van der Waals surface area (Å²) in [5, 5.41) is 7.37. The smallest absolute Gasteiger partial charge is 0.173 e. The van der Waals surface area contributed by atoms with Crippen molar-refractivity contribution in [1.82, 2.24) is 9.97 Å². The molecule has 20 heavy (non-hydrogen) atoms. The fourth-order valence-corrected chi connectivity index (χ4v) is 3.51. The molecule has 0 atom stereocenters. The second-order valence-corrected chi connectivity index (χ2v) is 6.19. The van der Waals surface area contributed by atoms with Gasteiger partial charge >= 0.3 is 0 Å². The Morgan fingerprint density at radius 2 is 1.90 bits per heavy atom. The Hall–Kier alpha value is -1.07. The second kappa shape index (κ2) is 5.37. The summed E-state index contributed by atoms with van der Waals surface area (Å²) in [7, 11) is 1.79. The predicted octanol–water partition coefficient (Wildman–Crippen LogP) is 5.36. The van der Waals surface area contributed by atoms with Crippen molar-refractivity contribution >= 4 is 62.9 Å². The summed E-state index contributed by atoms with van der Waals surface area (Å²) in [6, 6.07) is 5.27. The Morgan fingerprint density at radius 1 is 1.10 bits per heavy atom. The first kappa shape index (κ1) is 13.9. The lowest BCUT2D eigenvalue weighted by atomic mass is 10.2. The highest BCUT2D eigenvalue weighted by Gasteiger charge is 2.14. The highest BCUT2D eigenvalue weighted by atomic mass is 35.5. The van der Waals surface area contributed by atoms with Gasteiger partial charge in [0.25, 0.3) is 0 Å². The third-order valence-electron chi connectivity index (χ3n) is 2.78. The number of nitrogens with zero attached hydrogens (tertiary/aromatic N) is 2. The summed E-state index contributed by atoms with van der Waals surface area (Å²) >= 11 is 19.9. The molecule has 3 rings (SSSR count). The zero-order valence-electron chi connectivity index (χ0n) is 10.2. The van der Waals surface area contributed by atoms with Crippen molar-refractivity contribution in [3.63, 3.8) is 0 Å². The normalized spacial score (nSPS) is 11.0. The molecule has 2 aromatic heterocycles. The zero-order chi connectivity index (χ0) is 14.3. The molecule has 0 fully saturated rings. The van der Waals surface area contributed by atoms with E-state index in [1.807, 2.05) is 11.4 Å². The average molecular weight is 345 g/mol. The van der Waals surface area contributed by atoms with Crippen LogP contribution in [0.5, 0.6) is 0 Å². The topological polar surface area (TPSA) is 37.8 Å². The minimum Gasteiger partial charge on any atom is -0.373 e. The van der Waals surface area contributed by atoms with Gasteiger partial charge in [0, 0.05) is 17.5 Å². The van der Waals surface area contributed by atoms with Crippen molar-refractivity contribution in [2.45, 2.75) is 0 Å². The van der Waals surface area contributed by atoms with Gasteiger partial charge in [0.15, 0.2) is 5.82 Å². The molecule has 1 aromatic carbocycles. The number of thiophene rings is 1. The molecule has 102 valence electrons. The SMILES string of the molecule is CNc1nc(-c2sccc2Cl)nc2c(Cl)cc(Cl)cc12. The van der Waals surface area contributed by atoms with Crippen LogP contribution in [-0.2, 0) is 0 Å². The van der Waals surface area contributed by atoms with Crippen molar-refractivity contribution in [3.8, 4) is 10.7 Å². The van der Waals surface area contributed by atoms with E-state index in [1.165, 1.54) is 11.3 Å². The van der Waals surface area contributed by atoms with E-state index in [1.54, 1.807) is 19.2 Å². The van der Waals surface area contributed by atoms with Crippen molar-refractivity contribution in [2.75, 3.05) is 12.4 Å². The Balaban J connectivity index is 2.35. The number of fused-ring (bicyclic) bond motifs is 1. The monoisotopic (exact) mass is 343 g/mol. The number of anilines is 1. The third kappa shape index (κ3) is 2.33. The maximum absolute atomic E-state index is 6.23. The van der Waals surface area contributed by atoms with E-state index in [0.29, 0.717) is 32.2 Å². The van der Waals surface area contributed by atoms with Gasteiger partial charge in [0.1, 0.15) is 5.82 Å². The van der Waals surface area contributed by atoms with Gasteiger partial charge in [-0.2, -0.15) is 0 Å². The van der Waals surface area contributed by atoms with Crippen LogP contribution in [0.4, 0.5) is 5.82 Å². The van der Waals surface area contributed by atoms with Crippen molar-refractivity contribution in [2.24, 2.45) is 0 Å². The predicted molar refractivity (Wildman–Crippen MR) is 87.4 cm³/mol. The summed E-state index contributed by atoms with van der Waals surface area (Å²) in [6.07, 6.45) is 0. The third-order valence-corrected chi connectivity index (χ3v) is 4.62. The van der Waals surface area contributed by atoms with Gasteiger partial charge in [-0.05, 0) is 23.6 Å². The minimum atomic E-state index is 0.486. The van der Waals surface area contributed by atoms with Gasteiger partial charge in [-0.1, -0.05) is 34.8 Å². The van der Waals surface area contributed by atoms with Crippen LogP contribution in [0.15, 0.2) is 23.6 Å². The number of halogens is 3. The van der Waals surface area contributed by atoms with Crippen LogP contribution in [0.3, 0.4) is 0 Å². The number of benzene rings is 1. The molecular formula is C13H8Cl3N3S. The molecule has 0 radical (unpaired) electrons. The Labute approximate surface area is 134 Å². The lowest BCUT2D eigenvalue weighted by Crippen LogP contribution is -1.98. The largest absolute Gasteiger partial charge is 0.373 e. The quantitative estimate of drug-likeness (QED) is 0.680. The highest BCUT2D eigenvalue weighted by molar-refractivity contribution is 7.14. The molecule has 0 spiro atoms. The Morgan fingerprint density at radius 3 is 2.55 bits per heavy atom. The number of hydrogen-bond acceptors (Lipinski definition) is 4. The number of aromatic nitrogens is 2. The molecule has 0 bridgehead atoms. The molecule has 0 amide bonds. The van der Waals surface area contributed by atoms with Gasteiger partial charge in [-0.3, -0.25) is 0 Å². The molecule has 3 aromatic rings. The molecule has 7 heteroatoms. The summed E-state index contributed by atoms with van der Waals surface area (Å²) in [4.78, 5) is 9.82. The van der Waals surface area contributed by atoms with Gasteiger partial charge in [0.2, 0.25) is 0 Å². The number of nitrogens with one attached hydrogen (secondary N) is 1. The van der Waals surface area contributed by atoms with Crippen LogP contribution in [0.1, 0.15) is 0 Å². The van der Waals surface area contributed by atoms with Gasteiger partial charge in [-0.15, -0.1) is 11.3 Å². The first-order valence-corrected chi connectivity index (χ1v) is 7.69. The molecule has 0 unspecified atom stereocenters. The minimum absolute atomic E-state index is 0.486. The van der Waals surface area contributed by atoms with Crippen LogP contribution in [0.25, 0.3) is 21.6 Å². The molecule has 0 saturated heterocycles. The van der Waals surface area contributed by atoms with Crippen molar-refractivity contribution in [3.05, 3.63) is 38.6 Å². The maximum atomic E-state index is 6.23. The molecule has 1 N–H and O–H groups in total. The van der Waals surface area contributed by atoms with Gasteiger partial charge in [0.05, 0.1) is 20.4 Å². The van der Waals surface area contributed by atoms with Gasteiger partial charge in [-0.25, -0.2) is 9.97 Å². The van der Waals surface area contributed by atoms with Crippen molar-refractivity contribution in [1.29, 1.82) is 0 Å². The Bertz CT molecular complexity index is 801. The molecule has 0 saturated carbocycles. The second-order valence-electron chi connectivity index (χ2n) is 4.03.